The number of allylic oxidation sites excluding steroid dienone is 2. The summed E-state index contributed by atoms with van der Waals surface area (Å²) in [5.41, 5.74) is 4.04. The molecule has 0 bridgehead atoms. The van der Waals surface area contributed by atoms with Gasteiger partial charge in [-0.1, -0.05) is 34.1 Å². The van der Waals surface area contributed by atoms with Crippen LogP contribution in [0.5, 0.6) is 0 Å². The van der Waals surface area contributed by atoms with Gasteiger partial charge in [-0.3, -0.25) is 4.79 Å². The highest BCUT2D eigenvalue weighted by Crippen LogP contribution is 2.38. The predicted molar refractivity (Wildman–Crippen MR) is 137 cm³/mol. The molecule has 1 saturated heterocycles. The van der Waals surface area contributed by atoms with E-state index in [-0.39, 0.29) is 23.7 Å². The summed E-state index contributed by atoms with van der Waals surface area (Å²) in [5.74, 6) is 0.456. The Labute approximate surface area is 212 Å². The molecule has 0 radical (unpaired) electrons. The van der Waals surface area contributed by atoms with Crippen molar-refractivity contribution < 1.29 is 14.3 Å². The second kappa shape index (κ2) is 10.0. The maximum absolute atomic E-state index is 13.6. The van der Waals surface area contributed by atoms with Gasteiger partial charge in [0.05, 0.1) is 18.3 Å². The smallest absolute Gasteiger partial charge is 0.181 e. The van der Waals surface area contributed by atoms with Gasteiger partial charge in [-0.15, -0.1) is 0 Å². The first-order chi connectivity index (χ1) is 16.9. The fourth-order valence-electron chi connectivity index (χ4n) is 5.13. The number of aromatic nitrogens is 3. The normalized spacial score (nSPS) is 21.7. The van der Waals surface area contributed by atoms with E-state index in [4.69, 9.17) is 4.98 Å². The molecule has 1 N–H and O–H groups in total. The Kier molecular flexibility index (Phi) is 6.84. The molecule has 1 unspecified atom stereocenters. The van der Waals surface area contributed by atoms with E-state index < -0.39 is 0 Å². The summed E-state index contributed by atoms with van der Waals surface area (Å²) in [4.78, 5) is 19.9. The van der Waals surface area contributed by atoms with E-state index in [2.05, 4.69) is 32.5 Å². The number of benzene rings is 1. The van der Waals surface area contributed by atoms with Crippen LogP contribution in [0.3, 0.4) is 0 Å². The number of anilines is 1. The lowest BCUT2D eigenvalue weighted by atomic mass is 9.91. The molecule has 1 aliphatic heterocycles. The molecule has 3 heterocycles. The van der Waals surface area contributed by atoms with Crippen molar-refractivity contribution in [1.82, 2.24) is 14.6 Å². The standard InChI is InChI=1S/C27H28BrFN4O2/c1-17(25(35)14-18-4-2-5-21(34)13-18)12-19-16-30-33-11-9-26(31-27(19)33)32-10-3-6-24(32)22-8-7-20(29)15-23(22)28/h7-9,11,14-16,21,24,34H,1-6,10,12-13H2/b18-14-/t21-,24?/m0/s1. The van der Waals surface area contributed by atoms with Crippen molar-refractivity contribution in [1.29, 1.82) is 0 Å². The summed E-state index contributed by atoms with van der Waals surface area (Å²) < 4.78 is 16.1. The van der Waals surface area contributed by atoms with Crippen LogP contribution in [0.15, 0.2) is 64.9 Å². The van der Waals surface area contributed by atoms with Gasteiger partial charge in [0.1, 0.15) is 11.6 Å². The molecular formula is C27H28BrFN4O2. The van der Waals surface area contributed by atoms with Gasteiger partial charge in [0.25, 0.3) is 0 Å². The van der Waals surface area contributed by atoms with E-state index in [0.29, 0.717) is 24.1 Å². The molecule has 35 heavy (non-hydrogen) atoms. The minimum Gasteiger partial charge on any atom is -0.393 e. The fourth-order valence-corrected chi connectivity index (χ4v) is 5.75. The first kappa shape index (κ1) is 23.9. The van der Waals surface area contributed by atoms with Gasteiger partial charge in [0, 0.05) is 29.2 Å². The molecule has 2 aliphatic rings. The van der Waals surface area contributed by atoms with Crippen LogP contribution in [-0.4, -0.2) is 38.1 Å². The van der Waals surface area contributed by atoms with Crippen molar-refractivity contribution in [3.05, 3.63) is 81.9 Å². The van der Waals surface area contributed by atoms with E-state index in [0.717, 1.165) is 65.6 Å². The zero-order valence-corrected chi connectivity index (χ0v) is 21.0. The van der Waals surface area contributed by atoms with Crippen molar-refractivity contribution in [2.75, 3.05) is 11.4 Å². The van der Waals surface area contributed by atoms with Crippen LogP contribution in [0.1, 0.15) is 55.7 Å². The molecule has 182 valence electrons. The van der Waals surface area contributed by atoms with Crippen LogP contribution >= 0.6 is 15.9 Å². The van der Waals surface area contributed by atoms with Gasteiger partial charge in [-0.25, -0.2) is 13.9 Å². The third-order valence-corrected chi connectivity index (χ3v) is 7.60. The number of hydrogen-bond acceptors (Lipinski definition) is 5. The minimum absolute atomic E-state index is 0.0975. The van der Waals surface area contributed by atoms with E-state index in [9.17, 15) is 14.3 Å². The number of halogens is 2. The number of aliphatic hydroxyl groups is 1. The Hall–Kier alpha value is -2.84. The Bertz CT molecular complexity index is 1320. The van der Waals surface area contributed by atoms with Gasteiger partial charge in [-0.2, -0.15) is 5.10 Å². The fraction of sp³-hybridized carbons (Fsp3) is 0.370. The van der Waals surface area contributed by atoms with Crippen LogP contribution in [0.4, 0.5) is 10.2 Å². The number of fused-ring (bicyclic) bond motifs is 1. The molecule has 1 saturated carbocycles. The zero-order chi connectivity index (χ0) is 24.5. The molecule has 1 aromatic carbocycles. The van der Waals surface area contributed by atoms with Crippen molar-refractivity contribution in [3.63, 3.8) is 0 Å². The van der Waals surface area contributed by atoms with Gasteiger partial charge < -0.3 is 10.0 Å². The summed E-state index contributed by atoms with van der Waals surface area (Å²) in [6.45, 7) is 4.87. The highest BCUT2D eigenvalue weighted by Gasteiger charge is 2.29. The number of rotatable bonds is 6. The second-order valence-electron chi connectivity index (χ2n) is 9.44. The Morgan fingerprint density at radius 3 is 2.94 bits per heavy atom. The molecule has 2 fully saturated rings. The second-order valence-corrected chi connectivity index (χ2v) is 10.3. The minimum atomic E-state index is -0.358. The third kappa shape index (κ3) is 5.09. The first-order valence-corrected chi connectivity index (χ1v) is 12.8. The van der Waals surface area contributed by atoms with Gasteiger partial charge in [0.15, 0.2) is 11.4 Å². The molecule has 2 atom stereocenters. The number of carbonyl (C=O) groups is 1. The van der Waals surface area contributed by atoms with Crippen molar-refractivity contribution in [2.24, 2.45) is 0 Å². The number of aliphatic hydroxyl groups excluding tert-OH is 1. The molecule has 2 aromatic heterocycles. The topological polar surface area (TPSA) is 70.7 Å². The van der Waals surface area contributed by atoms with Gasteiger partial charge in [-0.05, 0) is 73.9 Å². The highest BCUT2D eigenvalue weighted by atomic mass is 79.9. The van der Waals surface area contributed by atoms with Gasteiger partial charge in [0.2, 0.25) is 0 Å². The molecule has 8 heteroatoms. The molecule has 3 aromatic rings. The Morgan fingerprint density at radius 1 is 1.29 bits per heavy atom. The average Bonchev–Trinajstić information content (AvgIpc) is 3.46. The van der Waals surface area contributed by atoms with E-state index in [1.807, 2.05) is 18.3 Å². The molecular weight excluding hydrogens is 511 g/mol. The highest BCUT2D eigenvalue weighted by molar-refractivity contribution is 9.10. The Balaban J connectivity index is 1.37. The van der Waals surface area contributed by atoms with E-state index in [1.54, 1.807) is 16.8 Å². The molecule has 5 rings (SSSR count). The summed E-state index contributed by atoms with van der Waals surface area (Å²) >= 11 is 3.52. The number of carbonyl (C=O) groups excluding carboxylic acids is 1. The number of hydrogen-bond donors (Lipinski definition) is 1. The first-order valence-electron chi connectivity index (χ1n) is 12.0. The van der Waals surface area contributed by atoms with Crippen molar-refractivity contribution in [2.45, 2.75) is 57.1 Å². The molecule has 6 nitrogen and oxygen atoms in total. The summed E-state index contributed by atoms with van der Waals surface area (Å²) in [6, 6.07) is 6.87. The van der Waals surface area contributed by atoms with Crippen molar-refractivity contribution in [3.8, 4) is 0 Å². The molecule has 1 aliphatic carbocycles. The number of nitrogens with zero attached hydrogens (tertiary/aromatic N) is 4. The van der Waals surface area contributed by atoms with Crippen molar-refractivity contribution >= 4 is 33.2 Å². The molecule has 0 spiro atoms. The van der Waals surface area contributed by atoms with Gasteiger partial charge >= 0.3 is 0 Å². The summed E-state index contributed by atoms with van der Waals surface area (Å²) in [7, 11) is 0. The lowest BCUT2D eigenvalue weighted by molar-refractivity contribution is -0.111. The largest absolute Gasteiger partial charge is 0.393 e. The van der Waals surface area contributed by atoms with Crippen LogP contribution in [0.25, 0.3) is 5.65 Å². The average molecular weight is 539 g/mol. The SMILES string of the molecule is C=C(Cc1cnn2ccc(N3CCCC3c3ccc(F)cc3Br)nc12)C(=O)/C=C1/CCC[C@H](O)C1. The van der Waals surface area contributed by atoms with Crippen LogP contribution < -0.4 is 4.90 Å². The Morgan fingerprint density at radius 2 is 2.14 bits per heavy atom. The van der Waals surface area contributed by atoms with Crippen LogP contribution in [-0.2, 0) is 11.2 Å². The van der Waals surface area contributed by atoms with E-state index in [1.165, 1.54) is 12.1 Å². The third-order valence-electron chi connectivity index (χ3n) is 6.92. The summed E-state index contributed by atoms with van der Waals surface area (Å²) in [5, 5.41) is 14.3. The zero-order valence-electron chi connectivity index (χ0n) is 19.5. The maximum Gasteiger partial charge on any atom is 0.181 e. The quantitative estimate of drug-likeness (QED) is 0.419. The summed E-state index contributed by atoms with van der Waals surface area (Å²) in [6.07, 6.45) is 10.3. The lowest BCUT2D eigenvalue weighted by Gasteiger charge is -2.27. The van der Waals surface area contributed by atoms with E-state index >= 15 is 0 Å². The maximum atomic E-state index is 13.6. The number of ketones is 1. The molecule has 0 amide bonds. The van der Waals surface area contributed by atoms with Crippen LogP contribution in [0.2, 0.25) is 0 Å². The van der Waals surface area contributed by atoms with Crippen LogP contribution in [0, 0.1) is 5.82 Å². The predicted octanol–water partition coefficient (Wildman–Crippen LogP) is 5.50. The monoisotopic (exact) mass is 538 g/mol. The lowest BCUT2D eigenvalue weighted by Crippen LogP contribution is -2.24.